The highest BCUT2D eigenvalue weighted by molar-refractivity contribution is 5.96. The molecule has 2 aromatic rings. The quantitative estimate of drug-likeness (QED) is 0.943. The Morgan fingerprint density at radius 3 is 2.67 bits per heavy atom. The van der Waals surface area contributed by atoms with Gasteiger partial charge in [0, 0.05) is 24.8 Å². The number of hydrogen-bond acceptors (Lipinski definition) is 3. The number of likely N-dealkylation sites (tertiary alicyclic amines) is 1. The molecule has 1 atom stereocenters. The number of hydrogen-bond donors (Lipinski definition) is 1. The second-order valence-corrected chi connectivity index (χ2v) is 5.80. The maximum Gasteiger partial charge on any atom is 0.253 e. The van der Waals surface area contributed by atoms with Gasteiger partial charge < -0.3 is 10.2 Å². The fourth-order valence-corrected chi connectivity index (χ4v) is 2.82. The first-order chi connectivity index (χ1) is 11.6. The third-order valence-electron chi connectivity index (χ3n) is 4.09. The van der Waals surface area contributed by atoms with Crippen molar-refractivity contribution in [2.75, 3.05) is 18.4 Å². The normalized spacial score (nSPS) is 17.4. The monoisotopic (exact) mass is 327 g/mol. The summed E-state index contributed by atoms with van der Waals surface area (Å²) in [6, 6.07) is 10.8. The molecular weight excluding hydrogens is 309 g/mol. The average molecular weight is 327 g/mol. The van der Waals surface area contributed by atoms with E-state index >= 15 is 0 Å². The van der Waals surface area contributed by atoms with Crippen molar-refractivity contribution in [3.63, 3.8) is 0 Å². The van der Waals surface area contributed by atoms with E-state index in [2.05, 4.69) is 10.3 Å². The molecule has 2 amide bonds. The lowest BCUT2D eigenvalue weighted by Gasteiger charge is -2.32. The molecule has 1 fully saturated rings. The Hall–Kier alpha value is -2.76. The number of carbonyl (C=O) groups excluding carboxylic acids is 2. The number of nitrogens with one attached hydrogen (secondary N) is 1. The van der Waals surface area contributed by atoms with Crippen LogP contribution in [0.15, 0.2) is 48.7 Å². The Bertz CT molecular complexity index is 719. The number of carbonyl (C=O) groups is 2. The standard InChI is InChI=1S/C18H18FN3O2/c19-15-8-6-13(7-9-15)18(24)22-11-3-4-14(12-22)17(23)21-16-5-1-2-10-20-16/h1-2,5-10,14H,3-4,11-12H2,(H,20,21,23). The molecular formula is C18H18FN3O2. The summed E-state index contributed by atoms with van der Waals surface area (Å²) in [4.78, 5) is 30.6. The van der Waals surface area contributed by atoms with Crippen molar-refractivity contribution in [1.82, 2.24) is 9.88 Å². The van der Waals surface area contributed by atoms with Crippen LogP contribution < -0.4 is 5.32 Å². The van der Waals surface area contributed by atoms with E-state index in [0.717, 1.165) is 12.8 Å². The molecule has 1 N–H and O–H groups in total. The Morgan fingerprint density at radius 1 is 1.17 bits per heavy atom. The highest BCUT2D eigenvalue weighted by atomic mass is 19.1. The van der Waals surface area contributed by atoms with Gasteiger partial charge in [-0.3, -0.25) is 9.59 Å². The van der Waals surface area contributed by atoms with Crippen LogP contribution in [0.25, 0.3) is 0 Å². The van der Waals surface area contributed by atoms with Gasteiger partial charge in [0.25, 0.3) is 5.91 Å². The molecule has 0 aliphatic carbocycles. The lowest BCUT2D eigenvalue weighted by Crippen LogP contribution is -2.43. The van der Waals surface area contributed by atoms with E-state index in [9.17, 15) is 14.0 Å². The molecule has 0 bridgehead atoms. The number of benzene rings is 1. The van der Waals surface area contributed by atoms with E-state index in [1.807, 2.05) is 0 Å². The van der Waals surface area contributed by atoms with Crippen LogP contribution in [0, 0.1) is 11.7 Å². The van der Waals surface area contributed by atoms with Gasteiger partial charge in [0.2, 0.25) is 5.91 Å². The van der Waals surface area contributed by atoms with Crippen molar-refractivity contribution < 1.29 is 14.0 Å². The van der Waals surface area contributed by atoms with Gasteiger partial charge >= 0.3 is 0 Å². The molecule has 1 unspecified atom stereocenters. The summed E-state index contributed by atoms with van der Waals surface area (Å²) in [6.07, 6.45) is 3.10. The van der Waals surface area contributed by atoms with Gasteiger partial charge in [-0.1, -0.05) is 6.07 Å². The summed E-state index contributed by atoms with van der Waals surface area (Å²) in [5.41, 5.74) is 0.433. The van der Waals surface area contributed by atoms with Crippen LogP contribution >= 0.6 is 0 Å². The van der Waals surface area contributed by atoms with E-state index in [1.54, 1.807) is 29.3 Å². The number of amides is 2. The third-order valence-corrected chi connectivity index (χ3v) is 4.09. The van der Waals surface area contributed by atoms with Crippen LogP contribution in [0.2, 0.25) is 0 Å². The van der Waals surface area contributed by atoms with Crippen LogP contribution in [-0.4, -0.2) is 34.8 Å². The second kappa shape index (κ2) is 7.21. The lowest BCUT2D eigenvalue weighted by molar-refractivity contribution is -0.121. The highest BCUT2D eigenvalue weighted by Gasteiger charge is 2.29. The van der Waals surface area contributed by atoms with Gasteiger partial charge in [-0.2, -0.15) is 0 Å². The van der Waals surface area contributed by atoms with Crippen LogP contribution in [0.3, 0.4) is 0 Å². The number of halogens is 1. The van der Waals surface area contributed by atoms with Gasteiger partial charge in [0.15, 0.2) is 0 Å². The first-order valence-corrected chi connectivity index (χ1v) is 7.90. The topological polar surface area (TPSA) is 62.3 Å². The first kappa shape index (κ1) is 16.1. The van der Waals surface area contributed by atoms with Crippen LogP contribution in [0.5, 0.6) is 0 Å². The zero-order chi connectivity index (χ0) is 16.9. The lowest BCUT2D eigenvalue weighted by atomic mass is 9.96. The van der Waals surface area contributed by atoms with Crippen LogP contribution in [0.4, 0.5) is 10.2 Å². The molecule has 0 saturated carbocycles. The van der Waals surface area contributed by atoms with Crippen molar-refractivity contribution in [2.24, 2.45) is 5.92 Å². The van der Waals surface area contributed by atoms with Crippen LogP contribution in [-0.2, 0) is 4.79 Å². The molecule has 6 heteroatoms. The Morgan fingerprint density at radius 2 is 1.96 bits per heavy atom. The maximum atomic E-state index is 13.0. The van der Waals surface area contributed by atoms with Crippen molar-refractivity contribution in [1.29, 1.82) is 0 Å². The maximum absolute atomic E-state index is 13.0. The number of anilines is 1. The molecule has 0 spiro atoms. The van der Waals surface area contributed by atoms with Crippen molar-refractivity contribution in [3.8, 4) is 0 Å². The van der Waals surface area contributed by atoms with Crippen molar-refractivity contribution >= 4 is 17.6 Å². The molecule has 3 rings (SSSR count). The molecule has 0 radical (unpaired) electrons. The van der Waals surface area contributed by atoms with Gasteiger partial charge in [-0.15, -0.1) is 0 Å². The molecule has 1 saturated heterocycles. The fraction of sp³-hybridized carbons (Fsp3) is 0.278. The number of pyridine rings is 1. The Labute approximate surface area is 139 Å². The fourth-order valence-electron chi connectivity index (χ4n) is 2.82. The zero-order valence-corrected chi connectivity index (χ0v) is 13.1. The largest absolute Gasteiger partial charge is 0.338 e. The molecule has 1 aliphatic heterocycles. The van der Waals surface area contributed by atoms with E-state index in [-0.39, 0.29) is 23.5 Å². The number of aromatic nitrogens is 1. The average Bonchev–Trinajstić information content (AvgIpc) is 2.63. The predicted molar refractivity (Wildman–Crippen MR) is 87.9 cm³/mol. The molecule has 124 valence electrons. The van der Waals surface area contributed by atoms with Crippen molar-refractivity contribution in [2.45, 2.75) is 12.8 Å². The molecule has 5 nitrogen and oxygen atoms in total. The van der Waals surface area contributed by atoms with Crippen LogP contribution in [0.1, 0.15) is 23.2 Å². The Balaban J connectivity index is 1.64. The minimum Gasteiger partial charge on any atom is -0.338 e. The number of piperidine rings is 1. The van der Waals surface area contributed by atoms with E-state index in [1.165, 1.54) is 24.3 Å². The molecule has 1 aromatic carbocycles. The minimum atomic E-state index is -0.377. The summed E-state index contributed by atoms with van der Waals surface area (Å²) in [6.45, 7) is 0.957. The van der Waals surface area contributed by atoms with Gasteiger partial charge in [-0.25, -0.2) is 9.37 Å². The summed E-state index contributed by atoms with van der Waals surface area (Å²) in [5, 5.41) is 2.78. The van der Waals surface area contributed by atoms with Crippen molar-refractivity contribution in [3.05, 3.63) is 60.0 Å². The van der Waals surface area contributed by atoms with E-state index < -0.39 is 0 Å². The summed E-state index contributed by atoms with van der Waals surface area (Å²) in [5.74, 6) is -0.455. The number of rotatable bonds is 3. The molecule has 1 aliphatic rings. The first-order valence-electron chi connectivity index (χ1n) is 7.90. The summed E-state index contributed by atoms with van der Waals surface area (Å²) >= 11 is 0. The van der Waals surface area contributed by atoms with E-state index in [0.29, 0.717) is 24.5 Å². The van der Waals surface area contributed by atoms with Gasteiger partial charge in [-0.05, 0) is 49.2 Å². The summed E-state index contributed by atoms with van der Waals surface area (Å²) in [7, 11) is 0. The van der Waals surface area contributed by atoms with Gasteiger partial charge in [0.05, 0.1) is 5.92 Å². The number of nitrogens with zero attached hydrogens (tertiary/aromatic N) is 2. The smallest absolute Gasteiger partial charge is 0.253 e. The molecule has 1 aromatic heterocycles. The Kier molecular flexibility index (Phi) is 4.84. The SMILES string of the molecule is O=C(Nc1ccccn1)C1CCCN(C(=O)c2ccc(F)cc2)C1. The van der Waals surface area contributed by atoms with E-state index in [4.69, 9.17) is 0 Å². The second-order valence-electron chi connectivity index (χ2n) is 5.80. The van der Waals surface area contributed by atoms with Gasteiger partial charge in [0.1, 0.15) is 11.6 Å². The highest BCUT2D eigenvalue weighted by Crippen LogP contribution is 2.20. The molecule has 24 heavy (non-hydrogen) atoms. The third kappa shape index (κ3) is 3.76. The predicted octanol–water partition coefficient (Wildman–Crippen LogP) is 2.71. The summed E-state index contributed by atoms with van der Waals surface area (Å²) < 4.78 is 13.0. The zero-order valence-electron chi connectivity index (χ0n) is 13.1. The molecule has 2 heterocycles. The minimum absolute atomic E-state index is 0.134.